The number of sulfonamides is 1. The molecule has 12 heteroatoms. The van der Waals surface area contributed by atoms with Gasteiger partial charge < -0.3 is 14.0 Å². The number of morpholine rings is 1. The first-order valence-electron chi connectivity index (χ1n) is 10.5. The number of para-hydroxylation sites is 1. The van der Waals surface area contributed by atoms with Gasteiger partial charge in [0, 0.05) is 18.7 Å². The van der Waals surface area contributed by atoms with Crippen LogP contribution in [0.1, 0.15) is 17.3 Å². The van der Waals surface area contributed by atoms with Crippen LogP contribution in [0.3, 0.4) is 0 Å². The topological polar surface area (TPSA) is 107 Å². The van der Waals surface area contributed by atoms with Crippen LogP contribution in [0.25, 0.3) is 10.2 Å². The fourth-order valence-corrected chi connectivity index (χ4v) is 5.96. The molecule has 1 amide bonds. The summed E-state index contributed by atoms with van der Waals surface area (Å²) in [5.74, 6) is -1.79. The summed E-state index contributed by atoms with van der Waals surface area (Å²) < 4.78 is 53.4. The van der Waals surface area contributed by atoms with E-state index in [1.165, 1.54) is 45.3 Å². The van der Waals surface area contributed by atoms with Gasteiger partial charge in [-0.25, -0.2) is 12.8 Å². The summed E-state index contributed by atoms with van der Waals surface area (Å²) in [6, 6.07) is 9.92. The molecule has 0 spiro atoms. The van der Waals surface area contributed by atoms with Crippen molar-refractivity contribution >= 4 is 43.5 Å². The third-order valence-electron chi connectivity index (χ3n) is 5.15. The Bertz CT molecular complexity index is 1390. The molecule has 0 saturated carbocycles. The highest BCUT2D eigenvalue weighted by Crippen LogP contribution is 2.21. The molecule has 1 aliphatic heterocycles. The summed E-state index contributed by atoms with van der Waals surface area (Å²) in [4.78, 5) is 29.2. The first-order chi connectivity index (χ1) is 16.3. The maximum absolute atomic E-state index is 14.5. The van der Waals surface area contributed by atoms with Gasteiger partial charge >= 0.3 is 5.97 Å². The zero-order valence-electron chi connectivity index (χ0n) is 18.3. The number of benzene rings is 2. The van der Waals surface area contributed by atoms with Crippen molar-refractivity contribution < 1.29 is 31.9 Å². The van der Waals surface area contributed by atoms with Gasteiger partial charge in [-0.2, -0.15) is 9.30 Å². The number of amides is 1. The van der Waals surface area contributed by atoms with Crippen LogP contribution < -0.4 is 4.80 Å². The van der Waals surface area contributed by atoms with Crippen molar-refractivity contribution in [2.24, 2.45) is 4.99 Å². The number of rotatable bonds is 6. The van der Waals surface area contributed by atoms with Gasteiger partial charge in [-0.3, -0.25) is 9.59 Å². The molecule has 2 aromatic carbocycles. The first-order valence-corrected chi connectivity index (χ1v) is 12.8. The molecular formula is C22H22FN3O6S2. The molecule has 1 aliphatic rings. The zero-order valence-corrected chi connectivity index (χ0v) is 19.9. The number of hydrogen-bond acceptors (Lipinski definition) is 7. The molecule has 0 N–H and O–H groups in total. The Morgan fingerprint density at radius 3 is 2.53 bits per heavy atom. The maximum Gasteiger partial charge on any atom is 0.326 e. The number of carbonyl (C=O) groups excluding carboxylic acids is 2. The van der Waals surface area contributed by atoms with E-state index < -0.39 is 27.7 Å². The second-order valence-corrected chi connectivity index (χ2v) is 10.3. The standard InChI is InChI=1S/C22H22FN3O6S2/c1-2-32-19(27)14-26-20-17(23)4-3-5-18(20)33-22(26)24-21(28)15-6-8-16(9-7-15)34(29,30)25-10-12-31-13-11-25/h3-9H,2,10-14H2,1H3. The lowest BCUT2D eigenvalue weighted by Crippen LogP contribution is -2.40. The molecule has 2 heterocycles. The van der Waals surface area contributed by atoms with Crippen LogP contribution >= 0.6 is 11.3 Å². The van der Waals surface area contributed by atoms with Crippen LogP contribution in [0.5, 0.6) is 0 Å². The lowest BCUT2D eigenvalue weighted by molar-refractivity contribution is -0.143. The van der Waals surface area contributed by atoms with Gasteiger partial charge in [0.25, 0.3) is 5.91 Å². The average Bonchev–Trinajstić information content (AvgIpc) is 3.17. The molecule has 0 radical (unpaired) electrons. The number of fused-ring (bicyclic) bond motifs is 1. The molecule has 0 atom stereocenters. The van der Waals surface area contributed by atoms with Gasteiger partial charge in [-0.05, 0) is 43.3 Å². The molecule has 3 aromatic rings. The van der Waals surface area contributed by atoms with Crippen molar-refractivity contribution in [2.45, 2.75) is 18.4 Å². The Morgan fingerprint density at radius 2 is 1.85 bits per heavy atom. The largest absolute Gasteiger partial charge is 0.465 e. The smallest absolute Gasteiger partial charge is 0.326 e. The van der Waals surface area contributed by atoms with E-state index in [0.29, 0.717) is 17.9 Å². The molecule has 1 saturated heterocycles. The van der Waals surface area contributed by atoms with E-state index in [1.807, 2.05) is 0 Å². The molecule has 34 heavy (non-hydrogen) atoms. The number of esters is 1. The van der Waals surface area contributed by atoms with Gasteiger partial charge in [-0.15, -0.1) is 0 Å². The van der Waals surface area contributed by atoms with Crippen molar-refractivity contribution in [1.29, 1.82) is 0 Å². The van der Waals surface area contributed by atoms with Gasteiger partial charge in [0.05, 0.1) is 34.9 Å². The second-order valence-electron chi connectivity index (χ2n) is 7.32. The van der Waals surface area contributed by atoms with E-state index in [9.17, 15) is 22.4 Å². The number of ether oxygens (including phenoxy) is 2. The summed E-state index contributed by atoms with van der Waals surface area (Å²) in [5.41, 5.74) is 0.306. The SMILES string of the molecule is CCOC(=O)Cn1c(=NC(=O)c2ccc(S(=O)(=O)N3CCOCC3)cc2)sc2cccc(F)c21. The predicted molar refractivity (Wildman–Crippen MR) is 122 cm³/mol. The van der Waals surface area contributed by atoms with Crippen molar-refractivity contribution in [3.8, 4) is 0 Å². The van der Waals surface area contributed by atoms with Crippen LogP contribution in [0, 0.1) is 5.82 Å². The molecule has 180 valence electrons. The second kappa shape index (κ2) is 10.1. The highest BCUT2D eigenvalue weighted by atomic mass is 32.2. The summed E-state index contributed by atoms with van der Waals surface area (Å²) in [5, 5.41) is 0. The third kappa shape index (κ3) is 4.94. The zero-order chi connectivity index (χ0) is 24.3. The monoisotopic (exact) mass is 507 g/mol. The minimum Gasteiger partial charge on any atom is -0.465 e. The predicted octanol–water partition coefficient (Wildman–Crippen LogP) is 2.17. The number of halogens is 1. The van der Waals surface area contributed by atoms with Gasteiger partial charge in [0.15, 0.2) is 4.80 Å². The van der Waals surface area contributed by atoms with E-state index in [1.54, 1.807) is 13.0 Å². The highest BCUT2D eigenvalue weighted by Gasteiger charge is 2.26. The van der Waals surface area contributed by atoms with E-state index >= 15 is 0 Å². The normalized spacial score (nSPS) is 15.5. The number of aromatic nitrogens is 1. The lowest BCUT2D eigenvalue weighted by atomic mass is 10.2. The minimum atomic E-state index is -3.69. The molecule has 0 unspecified atom stereocenters. The van der Waals surface area contributed by atoms with Crippen LogP contribution in [0.15, 0.2) is 52.4 Å². The highest BCUT2D eigenvalue weighted by molar-refractivity contribution is 7.89. The molecule has 0 aliphatic carbocycles. The Kier molecular flexibility index (Phi) is 7.22. The quantitative estimate of drug-likeness (QED) is 0.474. The fraction of sp³-hybridized carbons (Fsp3) is 0.318. The van der Waals surface area contributed by atoms with E-state index in [2.05, 4.69) is 4.99 Å². The number of thiazole rings is 1. The number of hydrogen-bond donors (Lipinski definition) is 0. The minimum absolute atomic E-state index is 0.0623. The average molecular weight is 508 g/mol. The van der Waals surface area contributed by atoms with Crippen LogP contribution in [-0.2, 0) is 30.8 Å². The van der Waals surface area contributed by atoms with Crippen molar-refractivity contribution in [3.63, 3.8) is 0 Å². The summed E-state index contributed by atoms with van der Waals surface area (Å²) in [7, 11) is -3.69. The third-order valence-corrected chi connectivity index (χ3v) is 8.11. The van der Waals surface area contributed by atoms with E-state index in [-0.39, 0.29) is 47.0 Å². The molecule has 4 rings (SSSR count). The van der Waals surface area contributed by atoms with Crippen molar-refractivity contribution in [3.05, 3.63) is 58.6 Å². The van der Waals surface area contributed by atoms with Crippen LogP contribution in [-0.4, -0.2) is 62.1 Å². The molecule has 1 fully saturated rings. The van der Waals surface area contributed by atoms with Crippen molar-refractivity contribution in [2.75, 3.05) is 32.9 Å². The maximum atomic E-state index is 14.5. The summed E-state index contributed by atoms with van der Waals surface area (Å²) in [6.45, 7) is 2.70. The molecule has 0 bridgehead atoms. The first kappa shape index (κ1) is 24.2. The Labute approximate surface area is 199 Å². The Morgan fingerprint density at radius 1 is 1.15 bits per heavy atom. The van der Waals surface area contributed by atoms with Crippen molar-refractivity contribution in [1.82, 2.24) is 8.87 Å². The lowest BCUT2D eigenvalue weighted by Gasteiger charge is -2.26. The summed E-state index contributed by atoms with van der Waals surface area (Å²) in [6.07, 6.45) is 0. The summed E-state index contributed by atoms with van der Waals surface area (Å²) >= 11 is 1.06. The number of nitrogens with zero attached hydrogens (tertiary/aromatic N) is 3. The Hall–Kier alpha value is -2.93. The van der Waals surface area contributed by atoms with Crippen LogP contribution in [0.4, 0.5) is 4.39 Å². The molecular weight excluding hydrogens is 485 g/mol. The molecule has 1 aromatic heterocycles. The van der Waals surface area contributed by atoms with Gasteiger partial charge in [0.2, 0.25) is 10.0 Å². The van der Waals surface area contributed by atoms with Crippen LogP contribution in [0.2, 0.25) is 0 Å². The van der Waals surface area contributed by atoms with Gasteiger partial charge in [-0.1, -0.05) is 17.4 Å². The number of carbonyl (C=O) groups is 2. The van der Waals surface area contributed by atoms with Gasteiger partial charge in [0.1, 0.15) is 12.4 Å². The fourth-order valence-electron chi connectivity index (χ4n) is 3.51. The Balaban J connectivity index is 1.67. The van der Waals surface area contributed by atoms with E-state index in [4.69, 9.17) is 9.47 Å². The molecule has 9 nitrogen and oxygen atoms in total. The van der Waals surface area contributed by atoms with E-state index in [0.717, 1.165) is 11.3 Å².